The largest absolute Gasteiger partial charge is 0.467 e. The van der Waals surface area contributed by atoms with E-state index in [-0.39, 0.29) is 11.6 Å². The molecule has 2 rings (SSSR count). The first-order chi connectivity index (χ1) is 10.1. The summed E-state index contributed by atoms with van der Waals surface area (Å²) in [6, 6.07) is 8.49. The molecule has 5 nitrogen and oxygen atoms in total. The number of nitrogens with one attached hydrogen (secondary N) is 1. The number of hydrogen-bond donors (Lipinski definition) is 1. The summed E-state index contributed by atoms with van der Waals surface area (Å²) in [6.45, 7) is 1.24. The molecule has 0 radical (unpaired) electrons. The molecular formula is C15H14FNO4. The first-order valence-corrected chi connectivity index (χ1v) is 6.32. The Morgan fingerprint density at radius 1 is 1.29 bits per heavy atom. The van der Waals surface area contributed by atoms with Gasteiger partial charge in [0, 0.05) is 0 Å². The van der Waals surface area contributed by atoms with E-state index in [1.807, 2.05) is 0 Å². The van der Waals surface area contributed by atoms with E-state index in [9.17, 15) is 14.0 Å². The number of halogens is 1. The van der Waals surface area contributed by atoms with Crippen molar-refractivity contribution in [3.63, 3.8) is 0 Å². The lowest BCUT2D eigenvalue weighted by molar-refractivity contribution is -0.125. The van der Waals surface area contributed by atoms with Gasteiger partial charge >= 0.3 is 5.97 Å². The molecule has 0 spiro atoms. The molecule has 1 heterocycles. The van der Waals surface area contributed by atoms with E-state index in [4.69, 9.17) is 9.15 Å². The van der Waals surface area contributed by atoms with Crippen molar-refractivity contribution in [1.82, 2.24) is 5.32 Å². The van der Waals surface area contributed by atoms with Crippen molar-refractivity contribution in [2.75, 3.05) is 6.61 Å². The van der Waals surface area contributed by atoms with E-state index in [2.05, 4.69) is 5.32 Å². The van der Waals surface area contributed by atoms with Gasteiger partial charge in [-0.3, -0.25) is 4.79 Å². The highest BCUT2D eigenvalue weighted by Crippen LogP contribution is 2.12. The summed E-state index contributed by atoms with van der Waals surface area (Å²) >= 11 is 0. The molecule has 1 atom stereocenters. The van der Waals surface area contributed by atoms with Gasteiger partial charge in [-0.25, -0.2) is 9.18 Å². The summed E-state index contributed by atoms with van der Waals surface area (Å²) in [5, 5.41) is 2.60. The highest BCUT2D eigenvalue weighted by molar-refractivity contribution is 5.91. The minimum absolute atomic E-state index is 0.204. The van der Waals surface area contributed by atoms with Crippen LogP contribution in [-0.2, 0) is 9.53 Å². The van der Waals surface area contributed by atoms with Crippen molar-refractivity contribution >= 4 is 11.9 Å². The molecule has 21 heavy (non-hydrogen) atoms. The number of amides is 1. The maximum atomic E-state index is 13.3. The van der Waals surface area contributed by atoms with Crippen LogP contribution in [0.15, 0.2) is 47.1 Å². The maximum absolute atomic E-state index is 13.3. The minimum atomic E-state index is -0.881. The summed E-state index contributed by atoms with van der Waals surface area (Å²) in [5.41, 5.74) is -0.204. The van der Waals surface area contributed by atoms with Crippen LogP contribution in [0.25, 0.3) is 0 Å². The van der Waals surface area contributed by atoms with Crippen LogP contribution in [0.4, 0.5) is 4.39 Å². The fourth-order valence-corrected chi connectivity index (χ4v) is 1.73. The van der Waals surface area contributed by atoms with Crippen LogP contribution in [-0.4, -0.2) is 18.5 Å². The monoisotopic (exact) mass is 291 g/mol. The number of carbonyl (C=O) groups excluding carboxylic acids is 2. The van der Waals surface area contributed by atoms with Crippen LogP contribution >= 0.6 is 0 Å². The molecule has 1 aromatic carbocycles. The van der Waals surface area contributed by atoms with Crippen molar-refractivity contribution in [2.24, 2.45) is 0 Å². The molecule has 0 saturated carbocycles. The van der Waals surface area contributed by atoms with Crippen LogP contribution in [0.1, 0.15) is 29.1 Å². The Kier molecular flexibility index (Phi) is 4.71. The third-order valence-corrected chi connectivity index (χ3v) is 2.78. The Labute approximate surface area is 120 Å². The van der Waals surface area contributed by atoms with Crippen LogP contribution in [0.3, 0.4) is 0 Å². The standard InChI is InChI=1S/C15H14FNO4/c1-10(13-7-4-8-20-13)17-14(18)9-21-15(19)11-5-2-3-6-12(11)16/h2-8,10H,9H2,1H3,(H,17,18)/t10-/m1/s1. The molecule has 0 unspecified atom stereocenters. The zero-order valence-electron chi connectivity index (χ0n) is 11.3. The third kappa shape index (κ3) is 3.92. The molecule has 1 amide bonds. The second-order valence-electron chi connectivity index (χ2n) is 4.36. The first-order valence-electron chi connectivity index (χ1n) is 6.32. The van der Waals surface area contributed by atoms with Gasteiger partial charge in [-0.2, -0.15) is 0 Å². The van der Waals surface area contributed by atoms with Gasteiger partial charge < -0.3 is 14.5 Å². The topological polar surface area (TPSA) is 68.5 Å². The predicted octanol–water partition coefficient (Wildman–Crippen LogP) is 2.45. The van der Waals surface area contributed by atoms with Crippen molar-refractivity contribution < 1.29 is 23.1 Å². The van der Waals surface area contributed by atoms with Gasteiger partial charge in [-0.15, -0.1) is 0 Å². The van der Waals surface area contributed by atoms with Gasteiger partial charge in [0.1, 0.15) is 11.6 Å². The van der Waals surface area contributed by atoms with E-state index >= 15 is 0 Å². The smallest absolute Gasteiger partial charge is 0.341 e. The van der Waals surface area contributed by atoms with Crippen LogP contribution in [0, 0.1) is 5.82 Å². The lowest BCUT2D eigenvalue weighted by atomic mass is 10.2. The van der Waals surface area contributed by atoms with Crippen LogP contribution in [0.5, 0.6) is 0 Å². The SMILES string of the molecule is C[C@@H](NC(=O)COC(=O)c1ccccc1F)c1ccco1. The molecule has 0 bridgehead atoms. The number of rotatable bonds is 5. The van der Waals surface area contributed by atoms with Gasteiger partial charge in [-0.1, -0.05) is 12.1 Å². The second kappa shape index (κ2) is 6.69. The van der Waals surface area contributed by atoms with Crippen LogP contribution < -0.4 is 5.32 Å². The zero-order chi connectivity index (χ0) is 15.2. The summed E-state index contributed by atoms with van der Waals surface area (Å²) in [6.07, 6.45) is 1.50. The number of furan rings is 1. The molecule has 0 aliphatic rings. The lowest BCUT2D eigenvalue weighted by Crippen LogP contribution is -2.31. The number of esters is 1. The number of carbonyl (C=O) groups is 2. The lowest BCUT2D eigenvalue weighted by Gasteiger charge is -2.11. The molecule has 110 valence electrons. The molecule has 0 saturated heterocycles. The Morgan fingerprint density at radius 2 is 2.05 bits per heavy atom. The molecule has 1 aromatic heterocycles. The Hall–Kier alpha value is -2.63. The minimum Gasteiger partial charge on any atom is -0.467 e. The molecule has 6 heteroatoms. The van der Waals surface area contributed by atoms with E-state index in [1.54, 1.807) is 19.1 Å². The first kappa shape index (κ1) is 14.8. The average Bonchev–Trinajstić information content (AvgIpc) is 2.99. The van der Waals surface area contributed by atoms with E-state index in [0.717, 1.165) is 6.07 Å². The Morgan fingerprint density at radius 3 is 2.71 bits per heavy atom. The van der Waals surface area contributed by atoms with Gasteiger partial charge in [0.05, 0.1) is 17.9 Å². The number of benzene rings is 1. The van der Waals surface area contributed by atoms with E-state index in [1.165, 1.54) is 24.5 Å². The highest BCUT2D eigenvalue weighted by atomic mass is 19.1. The fraction of sp³-hybridized carbons (Fsp3) is 0.200. The normalized spacial score (nSPS) is 11.7. The van der Waals surface area contributed by atoms with Crippen molar-refractivity contribution in [3.8, 4) is 0 Å². The quantitative estimate of drug-likeness (QED) is 0.859. The van der Waals surface area contributed by atoms with Gasteiger partial charge in [0.25, 0.3) is 5.91 Å². The van der Waals surface area contributed by atoms with Gasteiger partial charge in [0.2, 0.25) is 0 Å². The summed E-state index contributed by atoms with van der Waals surface area (Å²) in [7, 11) is 0. The Bertz CT molecular complexity index is 624. The predicted molar refractivity (Wildman–Crippen MR) is 71.9 cm³/mol. The third-order valence-electron chi connectivity index (χ3n) is 2.78. The Balaban J connectivity index is 1.84. The highest BCUT2D eigenvalue weighted by Gasteiger charge is 2.16. The molecule has 2 aromatic rings. The molecule has 0 aliphatic carbocycles. The molecule has 0 aliphatic heterocycles. The maximum Gasteiger partial charge on any atom is 0.341 e. The van der Waals surface area contributed by atoms with E-state index < -0.39 is 24.3 Å². The summed E-state index contributed by atoms with van der Waals surface area (Å²) < 4.78 is 23.2. The second-order valence-corrected chi connectivity index (χ2v) is 4.36. The number of hydrogen-bond acceptors (Lipinski definition) is 4. The van der Waals surface area contributed by atoms with Crippen LogP contribution in [0.2, 0.25) is 0 Å². The summed E-state index contributed by atoms with van der Waals surface area (Å²) in [4.78, 5) is 23.3. The van der Waals surface area contributed by atoms with Gasteiger partial charge in [0.15, 0.2) is 6.61 Å². The summed E-state index contributed by atoms with van der Waals surface area (Å²) in [5.74, 6) is -1.48. The number of ether oxygens (including phenoxy) is 1. The molecule has 1 N–H and O–H groups in total. The van der Waals surface area contributed by atoms with Crippen molar-refractivity contribution in [1.29, 1.82) is 0 Å². The van der Waals surface area contributed by atoms with E-state index in [0.29, 0.717) is 5.76 Å². The fourth-order valence-electron chi connectivity index (χ4n) is 1.73. The molecular weight excluding hydrogens is 277 g/mol. The molecule has 0 fully saturated rings. The van der Waals surface area contributed by atoms with Gasteiger partial charge in [-0.05, 0) is 31.2 Å². The van der Waals surface area contributed by atoms with Crippen molar-refractivity contribution in [2.45, 2.75) is 13.0 Å². The average molecular weight is 291 g/mol. The van der Waals surface area contributed by atoms with Crippen molar-refractivity contribution in [3.05, 3.63) is 59.8 Å². The zero-order valence-corrected chi connectivity index (χ0v) is 11.3.